The van der Waals surface area contributed by atoms with Gasteiger partial charge in [0.1, 0.15) is 0 Å². The molecule has 0 atom stereocenters. The summed E-state index contributed by atoms with van der Waals surface area (Å²) in [6, 6.07) is 0. The van der Waals surface area contributed by atoms with Gasteiger partial charge in [-0.25, -0.2) is 0 Å². The first-order chi connectivity index (χ1) is 9.64. The average Bonchev–Trinajstić information content (AvgIpc) is 2.88. The van der Waals surface area contributed by atoms with Crippen molar-refractivity contribution in [2.75, 3.05) is 6.54 Å². The van der Waals surface area contributed by atoms with E-state index in [0.29, 0.717) is 12.5 Å². The van der Waals surface area contributed by atoms with Gasteiger partial charge < -0.3 is 10.3 Å². The van der Waals surface area contributed by atoms with Crippen molar-refractivity contribution in [3.8, 4) is 0 Å². The molecular weight excluding hydrogens is 250 g/mol. The maximum absolute atomic E-state index is 5.91. The zero-order chi connectivity index (χ0) is 14.2. The molecule has 0 radical (unpaired) electrons. The molecule has 3 rings (SSSR count). The van der Waals surface area contributed by atoms with Crippen LogP contribution in [0.25, 0.3) is 0 Å². The summed E-state index contributed by atoms with van der Waals surface area (Å²) in [4.78, 5) is 4.71. The monoisotopic (exact) mass is 277 g/mol. The van der Waals surface area contributed by atoms with Crippen molar-refractivity contribution < 1.29 is 4.52 Å². The second-order valence-corrected chi connectivity index (χ2v) is 7.15. The highest BCUT2D eigenvalue weighted by molar-refractivity contribution is 5.12. The van der Waals surface area contributed by atoms with E-state index >= 15 is 0 Å². The van der Waals surface area contributed by atoms with Crippen molar-refractivity contribution >= 4 is 0 Å². The Hall–Kier alpha value is -0.900. The van der Waals surface area contributed by atoms with Crippen LogP contribution in [0.1, 0.15) is 76.4 Å². The van der Waals surface area contributed by atoms with Crippen LogP contribution in [0.2, 0.25) is 0 Å². The molecule has 2 N–H and O–H groups in total. The number of nitrogens with two attached hydrogens (primary N) is 1. The summed E-state index contributed by atoms with van der Waals surface area (Å²) in [5.41, 5.74) is 5.91. The number of hydrogen-bond acceptors (Lipinski definition) is 4. The van der Waals surface area contributed by atoms with Gasteiger partial charge in [0.2, 0.25) is 5.89 Å². The van der Waals surface area contributed by atoms with E-state index in [1.807, 2.05) is 0 Å². The highest BCUT2D eigenvalue weighted by Gasteiger charge is 2.43. The van der Waals surface area contributed by atoms with Gasteiger partial charge in [0.05, 0.1) is 5.41 Å². The number of hydrogen-bond donors (Lipinski definition) is 1. The molecule has 0 spiro atoms. The number of aromatic nitrogens is 2. The van der Waals surface area contributed by atoms with Crippen molar-refractivity contribution in [2.24, 2.45) is 17.6 Å². The van der Waals surface area contributed by atoms with E-state index in [1.54, 1.807) is 0 Å². The second kappa shape index (κ2) is 5.47. The zero-order valence-corrected chi connectivity index (χ0v) is 12.8. The Morgan fingerprint density at radius 2 is 1.95 bits per heavy atom. The molecule has 1 heterocycles. The maximum atomic E-state index is 5.91. The molecule has 112 valence electrons. The van der Waals surface area contributed by atoms with Gasteiger partial charge in [-0.1, -0.05) is 25.4 Å². The summed E-state index contributed by atoms with van der Waals surface area (Å²) < 4.78 is 5.55. The molecule has 1 aromatic rings. The highest BCUT2D eigenvalue weighted by Crippen LogP contribution is 2.43. The van der Waals surface area contributed by atoms with Gasteiger partial charge in [-0.3, -0.25) is 0 Å². The Balaban J connectivity index is 1.66. The minimum absolute atomic E-state index is 0.000382. The van der Waals surface area contributed by atoms with Gasteiger partial charge in [0.25, 0.3) is 0 Å². The van der Waals surface area contributed by atoms with Crippen molar-refractivity contribution in [3.63, 3.8) is 0 Å². The normalized spacial score (nSPS) is 29.4. The Labute approximate surface area is 121 Å². The molecule has 2 aliphatic carbocycles. The lowest BCUT2D eigenvalue weighted by molar-refractivity contribution is 0.181. The fourth-order valence-corrected chi connectivity index (χ4v) is 3.77. The molecule has 0 aromatic carbocycles. The van der Waals surface area contributed by atoms with Gasteiger partial charge in [-0.15, -0.1) is 0 Å². The first-order valence-electron chi connectivity index (χ1n) is 8.19. The topological polar surface area (TPSA) is 64.9 Å². The molecule has 0 saturated heterocycles. The minimum Gasteiger partial charge on any atom is -0.339 e. The van der Waals surface area contributed by atoms with E-state index in [4.69, 9.17) is 15.2 Å². The van der Waals surface area contributed by atoms with Crippen LogP contribution in [-0.4, -0.2) is 16.7 Å². The van der Waals surface area contributed by atoms with Gasteiger partial charge in [0, 0.05) is 12.5 Å². The Kier molecular flexibility index (Phi) is 3.85. The van der Waals surface area contributed by atoms with Gasteiger partial charge >= 0.3 is 0 Å². The number of rotatable bonds is 4. The van der Waals surface area contributed by atoms with Crippen molar-refractivity contribution in [3.05, 3.63) is 11.7 Å². The molecule has 0 amide bonds. The van der Waals surface area contributed by atoms with Gasteiger partial charge in [-0.05, 0) is 50.4 Å². The van der Waals surface area contributed by atoms with Crippen molar-refractivity contribution in [2.45, 2.75) is 70.1 Å². The standard InChI is InChI=1S/C16H27N3O/c1-11(2)12-4-6-13(7-5-12)14-18-15(20-19-14)16(10-17)8-3-9-16/h11-13H,3-10,17H2,1-2H3. The molecule has 0 bridgehead atoms. The number of nitrogens with zero attached hydrogens (tertiary/aromatic N) is 2. The Morgan fingerprint density at radius 1 is 1.25 bits per heavy atom. The predicted molar refractivity (Wildman–Crippen MR) is 78.4 cm³/mol. The molecular formula is C16H27N3O. The van der Waals surface area contributed by atoms with E-state index in [2.05, 4.69) is 19.0 Å². The molecule has 0 aliphatic heterocycles. The first kappa shape index (κ1) is 14.1. The lowest BCUT2D eigenvalue weighted by atomic mass is 9.68. The third kappa shape index (κ3) is 2.39. The van der Waals surface area contributed by atoms with E-state index in [0.717, 1.165) is 36.4 Å². The summed E-state index contributed by atoms with van der Waals surface area (Å²) >= 11 is 0. The average molecular weight is 277 g/mol. The molecule has 2 fully saturated rings. The van der Waals surface area contributed by atoms with E-state index in [9.17, 15) is 0 Å². The second-order valence-electron chi connectivity index (χ2n) is 7.15. The van der Waals surface area contributed by atoms with Crippen LogP contribution in [0, 0.1) is 11.8 Å². The largest absolute Gasteiger partial charge is 0.339 e. The molecule has 4 nitrogen and oxygen atoms in total. The smallest absolute Gasteiger partial charge is 0.234 e. The van der Waals surface area contributed by atoms with Crippen LogP contribution in [0.3, 0.4) is 0 Å². The summed E-state index contributed by atoms with van der Waals surface area (Å²) in [5, 5.41) is 4.26. The van der Waals surface area contributed by atoms with Crippen LogP contribution in [0.5, 0.6) is 0 Å². The van der Waals surface area contributed by atoms with Crippen molar-refractivity contribution in [1.82, 2.24) is 10.1 Å². The Morgan fingerprint density at radius 3 is 2.45 bits per heavy atom. The summed E-state index contributed by atoms with van der Waals surface area (Å²) in [5.74, 6) is 3.90. The molecule has 0 unspecified atom stereocenters. The Bertz CT molecular complexity index is 437. The van der Waals surface area contributed by atoms with E-state index < -0.39 is 0 Å². The van der Waals surface area contributed by atoms with Crippen LogP contribution < -0.4 is 5.73 Å². The molecule has 1 aromatic heterocycles. The fraction of sp³-hybridized carbons (Fsp3) is 0.875. The quantitative estimate of drug-likeness (QED) is 0.916. The van der Waals surface area contributed by atoms with E-state index in [1.165, 1.54) is 32.1 Å². The molecule has 2 saturated carbocycles. The summed E-state index contributed by atoms with van der Waals surface area (Å²) in [6.07, 6.45) is 8.45. The summed E-state index contributed by atoms with van der Waals surface area (Å²) in [6.45, 7) is 5.30. The van der Waals surface area contributed by atoms with Crippen LogP contribution in [0.15, 0.2) is 4.52 Å². The van der Waals surface area contributed by atoms with E-state index in [-0.39, 0.29) is 5.41 Å². The molecule has 4 heteroatoms. The third-order valence-corrected chi connectivity index (χ3v) is 5.68. The molecule has 2 aliphatic rings. The zero-order valence-electron chi connectivity index (χ0n) is 12.8. The third-order valence-electron chi connectivity index (χ3n) is 5.68. The molecule has 20 heavy (non-hydrogen) atoms. The van der Waals surface area contributed by atoms with Crippen LogP contribution >= 0.6 is 0 Å². The minimum atomic E-state index is 0.000382. The fourth-order valence-electron chi connectivity index (χ4n) is 3.77. The lowest BCUT2D eigenvalue weighted by Crippen LogP contribution is -2.41. The van der Waals surface area contributed by atoms with Crippen LogP contribution in [0.4, 0.5) is 0 Å². The van der Waals surface area contributed by atoms with Crippen LogP contribution in [-0.2, 0) is 5.41 Å². The highest BCUT2D eigenvalue weighted by atomic mass is 16.5. The van der Waals surface area contributed by atoms with Crippen molar-refractivity contribution in [1.29, 1.82) is 0 Å². The summed E-state index contributed by atoms with van der Waals surface area (Å²) in [7, 11) is 0. The first-order valence-corrected chi connectivity index (χ1v) is 8.19. The SMILES string of the molecule is CC(C)C1CCC(c2noc(C3(CN)CCC3)n2)CC1. The predicted octanol–water partition coefficient (Wildman–Crippen LogP) is 3.38. The van der Waals surface area contributed by atoms with Gasteiger partial charge in [0.15, 0.2) is 5.82 Å². The van der Waals surface area contributed by atoms with Gasteiger partial charge in [-0.2, -0.15) is 4.98 Å². The lowest BCUT2D eigenvalue weighted by Gasteiger charge is -2.37. The maximum Gasteiger partial charge on any atom is 0.234 e.